The fraction of sp³-hybridized carbons (Fsp3) is 0.214. The summed E-state index contributed by atoms with van der Waals surface area (Å²) in [6, 6.07) is 14.6. The molecule has 2 fully saturated rings. The average Bonchev–Trinajstić information content (AvgIpc) is 3.51. The summed E-state index contributed by atoms with van der Waals surface area (Å²) in [6.07, 6.45) is 2.25. The van der Waals surface area contributed by atoms with E-state index in [0.29, 0.717) is 11.3 Å². The molecule has 0 spiro atoms. The molecular formula is C28H23Cl2FN2O4. The minimum Gasteiger partial charge on any atom is -0.507 e. The number of carbonyl (C=O) groups excluding carboxylic acids is 2. The maximum Gasteiger partial charge on any atom is 0.300 e. The molecule has 1 amide bonds. The third-order valence-corrected chi connectivity index (χ3v) is 7.27. The van der Waals surface area contributed by atoms with Crippen molar-refractivity contribution in [3.05, 3.63) is 93.2 Å². The third-order valence-electron chi connectivity index (χ3n) is 6.71. The lowest BCUT2D eigenvalue weighted by molar-refractivity contribution is -0.132. The standard InChI is InChI=1S/C28H23Cl2FN2O4/c1-37-27-21(29)14-17(15-22(27)30)25(34)23-24(16-4-6-18(31)7-5-16)33(28(36)26(23)35)20-10-8-19(9-11-20)32-12-2-3-13-32/h4-11,14-15,24,34H,2-3,12-13H2,1H3/b25-23+. The molecule has 0 bridgehead atoms. The number of nitrogens with zero attached hydrogens (tertiary/aromatic N) is 2. The minimum atomic E-state index is -1.00. The third kappa shape index (κ3) is 4.54. The van der Waals surface area contributed by atoms with Crippen molar-refractivity contribution in [1.29, 1.82) is 0 Å². The molecule has 37 heavy (non-hydrogen) atoms. The van der Waals surface area contributed by atoms with E-state index < -0.39 is 29.3 Å². The van der Waals surface area contributed by atoms with Crippen LogP contribution in [0.2, 0.25) is 10.0 Å². The van der Waals surface area contributed by atoms with E-state index in [0.717, 1.165) is 31.6 Å². The maximum atomic E-state index is 13.8. The molecule has 6 nitrogen and oxygen atoms in total. The topological polar surface area (TPSA) is 70.1 Å². The Kier molecular flexibility index (Phi) is 6.84. The Balaban J connectivity index is 1.64. The molecule has 2 saturated heterocycles. The Bertz CT molecular complexity index is 1380. The Morgan fingerprint density at radius 2 is 1.51 bits per heavy atom. The average molecular weight is 541 g/mol. The van der Waals surface area contributed by atoms with E-state index in [-0.39, 0.29) is 26.9 Å². The first kappa shape index (κ1) is 25.1. The number of hydrogen-bond donors (Lipinski definition) is 1. The number of ketones is 1. The smallest absolute Gasteiger partial charge is 0.300 e. The highest BCUT2D eigenvalue weighted by atomic mass is 35.5. The second-order valence-corrected chi connectivity index (χ2v) is 9.72. The first-order chi connectivity index (χ1) is 17.8. The Morgan fingerprint density at radius 1 is 0.946 bits per heavy atom. The second-order valence-electron chi connectivity index (χ2n) is 8.90. The molecule has 190 valence electrons. The zero-order valence-corrected chi connectivity index (χ0v) is 21.4. The van der Waals surface area contributed by atoms with Crippen LogP contribution in [0.3, 0.4) is 0 Å². The number of methoxy groups -OCH3 is 1. The summed E-state index contributed by atoms with van der Waals surface area (Å²) in [4.78, 5) is 30.3. The van der Waals surface area contributed by atoms with E-state index in [2.05, 4.69) is 4.90 Å². The van der Waals surface area contributed by atoms with Crippen LogP contribution in [-0.2, 0) is 9.59 Å². The maximum absolute atomic E-state index is 13.8. The summed E-state index contributed by atoms with van der Waals surface area (Å²) < 4.78 is 18.9. The van der Waals surface area contributed by atoms with Crippen molar-refractivity contribution >= 4 is 52.0 Å². The predicted octanol–water partition coefficient (Wildman–Crippen LogP) is 6.37. The number of anilines is 2. The molecule has 1 atom stereocenters. The molecule has 0 aromatic heterocycles. The SMILES string of the molecule is COc1c(Cl)cc(/C(O)=C2\C(=O)C(=O)N(c3ccc(N4CCCC4)cc3)C2c2ccc(F)cc2)cc1Cl. The van der Waals surface area contributed by atoms with Crippen LogP contribution in [0.1, 0.15) is 30.0 Å². The molecule has 2 aliphatic rings. The van der Waals surface area contributed by atoms with Crippen LogP contribution in [0.25, 0.3) is 5.76 Å². The molecule has 2 heterocycles. The number of Topliss-reactive ketones (excluding diaryl/α,β-unsaturated/α-hetero) is 1. The number of benzene rings is 3. The number of hydrogen-bond acceptors (Lipinski definition) is 5. The summed E-state index contributed by atoms with van der Waals surface area (Å²) in [6.45, 7) is 1.93. The van der Waals surface area contributed by atoms with E-state index in [1.807, 2.05) is 12.1 Å². The predicted molar refractivity (Wildman–Crippen MR) is 142 cm³/mol. The van der Waals surface area contributed by atoms with Gasteiger partial charge < -0.3 is 14.7 Å². The molecule has 0 radical (unpaired) electrons. The first-order valence-corrected chi connectivity index (χ1v) is 12.5. The quantitative estimate of drug-likeness (QED) is 0.231. The van der Waals surface area contributed by atoms with Crippen LogP contribution in [0.4, 0.5) is 15.8 Å². The Hall–Kier alpha value is -3.55. The van der Waals surface area contributed by atoms with E-state index in [9.17, 15) is 19.1 Å². The van der Waals surface area contributed by atoms with Crippen LogP contribution in [0.5, 0.6) is 5.75 Å². The van der Waals surface area contributed by atoms with Crippen molar-refractivity contribution in [2.24, 2.45) is 0 Å². The lowest BCUT2D eigenvalue weighted by Gasteiger charge is -2.26. The lowest BCUT2D eigenvalue weighted by atomic mass is 9.95. The van der Waals surface area contributed by atoms with Crippen LogP contribution in [0, 0.1) is 5.82 Å². The van der Waals surface area contributed by atoms with Crippen molar-refractivity contribution < 1.29 is 23.8 Å². The van der Waals surface area contributed by atoms with Crippen molar-refractivity contribution in [2.75, 3.05) is 30.0 Å². The van der Waals surface area contributed by atoms with Gasteiger partial charge in [-0.05, 0) is 66.9 Å². The van der Waals surface area contributed by atoms with Gasteiger partial charge in [-0.1, -0.05) is 35.3 Å². The summed E-state index contributed by atoms with van der Waals surface area (Å²) in [5.41, 5.74) is 1.95. The summed E-state index contributed by atoms with van der Waals surface area (Å²) in [7, 11) is 1.40. The van der Waals surface area contributed by atoms with Crippen LogP contribution in [-0.4, -0.2) is 37.0 Å². The molecule has 9 heteroatoms. The van der Waals surface area contributed by atoms with Gasteiger partial charge in [-0.2, -0.15) is 0 Å². The van der Waals surface area contributed by atoms with Gasteiger partial charge in [-0.3, -0.25) is 14.5 Å². The number of aliphatic hydroxyl groups excluding tert-OH is 1. The highest BCUT2D eigenvalue weighted by Crippen LogP contribution is 2.44. The molecule has 0 saturated carbocycles. The first-order valence-electron chi connectivity index (χ1n) is 11.7. The van der Waals surface area contributed by atoms with Gasteiger partial charge >= 0.3 is 0 Å². The van der Waals surface area contributed by atoms with Gasteiger partial charge in [0.25, 0.3) is 11.7 Å². The fourth-order valence-electron chi connectivity index (χ4n) is 4.91. The molecule has 1 N–H and O–H groups in total. The van der Waals surface area contributed by atoms with Crippen molar-refractivity contribution in [2.45, 2.75) is 18.9 Å². The normalized spacial score (nSPS) is 19.1. The number of amides is 1. The van der Waals surface area contributed by atoms with Crippen molar-refractivity contribution in [3.63, 3.8) is 0 Å². The lowest BCUT2D eigenvalue weighted by Crippen LogP contribution is -2.29. The van der Waals surface area contributed by atoms with Crippen LogP contribution < -0.4 is 14.5 Å². The van der Waals surface area contributed by atoms with Gasteiger partial charge in [-0.25, -0.2) is 4.39 Å². The van der Waals surface area contributed by atoms with Crippen LogP contribution in [0.15, 0.2) is 66.2 Å². The van der Waals surface area contributed by atoms with E-state index in [1.165, 1.54) is 48.4 Å². The summed E-state index contributed by atoms with van der Waals surface area (Å²) >= 11 is 12.5. The monoisotopic (exact) mass is 540 g/mol. The summed E-state index contributed by atoms with van der Waals surface area (Å²) in [5.74, 6) is -2.39. The molecule has 3 aromatic carbocycles. The Morgan fingerprint density at radius 3 is 2.08 bits per heavy atom. The van der Waals surface area contributed by atoms with E-state index >= 15 is 0 Å². The van der Waals surface area contributed by atoms with Gasteiger partial charge in [0, 0.05) is 30.0 Å². The van der Waals surface area contributed by atoms with Gasteiger partial charge in [0.1, 0.15) is 11.6 Å². The van der Waals surface area contributed by atoms with Crippen LogP contribution >= 0.6 is 23.2 Å². The fourth-order valence-corrected chi connectivity index (χ4v) is 5.55. The zero-order valence-electron chi connectivity index (χ0n) is 19.9. The molecule has 1 unspecified atom stereocenters. The van der Waals surface area contributed by atoms with Gasteiger partial charge in [-0.15, -0.1) is 0 Å². The number of ether oxygens (including phenoxy) is 1. The highest BCUT2D eigenvalue weighted by Gasteiger charge is 2.47. The molecule has 0 aliphatic carbocycles. The van der Waals surface area contributed by atoms with Crippen molar-refractivity contribution in [1.82, 2.24) is 0 Å². The minimum absolute atomic E-state index is 0.126. The molecule has 5 rings (SSSR count). The summed E-state index contributed by atoms with van der Waals surface area (Å²) in [5, 5.41) is 11.6. The zero-order chi connectivity index (χ0) is 26.3. The second kappa shape index (κ2) is 10.1. The number of carbonyl (C=O) groups is 2. The molecular weight excluding hydrogens is 518 g/mol. The Labute approximate surface area is 223 Å². The highest BCUT2D eigenvalue weighted by molar-refractivity contribution is 6.51. The van der Waals surface area contributed by atoms with Gasteiger partial charge in [0.2, 0.25) is 0 Å². The number of aliphatic hydroxyl groups is 1. The van der Waals surface area contributed by atoms with E-state index in [1.54, 1.807) is 12.1 Å². The van der Waals surface area contributed by atoms with E-state index in [4.69, 9.17) is 27.9 Å². The molecule has 2 aliphatic heterocycles. The molecule has 3 aromatic rings. The van der Waals surface area contributed by atoms with Gasteiger partial charge in [0.15, 0.2) is 5.75 Å². The van der Waals surface area contributed by atoms with Crippen molar-refractivity contribution in [3.8, 4) is 5.75 Å². The largest absolute Gasteiger partial charge is 0.507 e. The number of rotatable bonds is 5. The number of halogens is 3. The van der Waals surface area contributed by atoms with Gasteiger partial charge in [0.05, 0.1) is 28.8 Å².